The molecule has 30 heavy (non-hydrogen) atoms. The van der Waals surface area contributed by atoms with Crippen LogP contribution < -0.4 is 5.32 Å². The minimum Gasteiger partial charge on any atom is -0.462 e. The molecule has 0 saturated heterocycles. The van der Waals surface area contributed by atoms with Crippen molar-refractivity contribution in [2.45, 2.75) is 65.5 Å². The van der Waals surface area contributed by atoms with Gasteiger partial charge in [-0.15, -0.1) is 11.3 Å². The Morgan fingerprint density at radius 2 is 2.13 bits per heavy atom. The fourth-order valence-electron chi connectivity index (χ4n) is 3.91. The number of rotatable bonds is 6. The van der Waals surface area contributed by atoms with Crippen molar-refractivity contribution in [1.82, 2.24) is 9.78 Å². The Bertz CT molecular complexity index is 1010. The summed E-state index contributed by atoms with van der Waals surface area (Å²) in [7, 11) is 0. The maximum absolute atomic E-state index is 12.9. The van der Waals surface area contributed by atoms with Gasteiger partial charge in [0.1, 0.15) is 5.00 Å². The molecule has 2 aromatic rings. The molecule has 9 heteroatoms. The minimum absolute atomic E-state index is 0.296. The lowest BCUT2D eigenvalue weighted by Gasteiger charge is -2.13. The van der Waals surface area contributed by atoms with Gasteiger partial charge in [0.2, 0.25) is 6.10 Å². The van der Waals surface area contributed by atoms with E-state index in [2.05, 4.69) is 15.6 Å². The lowest BCUT2D eigenvalue weighted by Crippen LogP contribution is -2.28. The van der Waals surface area contributed by atoms with Crippen LogP contribution in [-0.2, 0) is 33.8 Å². The molecule has 1 atom stereocenters. The highest BCUT2D eigenvalue weighted by Gasteiger charge is 2.33. The van der Waals surface area contributed by atoms with Crippen LogP contribution in [0.25, 0.3) is 0 Å². The van der Waals surface area contributed by atoms with E-state index in [9.17, 15) is 9.59 Å². The molecule has 1 amide bonds. The van der Waals surface area contributed by atoms with Crippen molar-refractivity contribution in [3.63, 3.8) is 0 Å². The molecule has 0 saturated carbocycles. The number of thiophene rings is 1. The maximum atomic E-state index is 12.9. The Hall–Kier alpha value is -2.68. The number of anilines is 1. The quantitative estimate of drug-likeness (QED) is 0.708. The third-order valence-electron chi connectivity index (χ3n) is 5.43. The highest BCUT2D eigenvalue weighted by molar-refractivity contribution is 7.17. The largest absolute Gasteiger partial charge is 0.462 e. The summed E-state index contributed by atoms with van der Waals surface area (Å²) in [6.45, 7) is 6.77. The zero-order valence-corrected chi connectivity index (χ0v) is 18.3. The number of aromatic nitrogens is 2. The molecule has 0 fully saturated rings. The molecule has 1 unspecified atom stereocenters. The van der Waals surface area contributed by atoms with Crippen molar-refractivity contribution in [3.05, 3.63) is 33.5 Å². The van der Waals surface area contributed by atoms with Crippen molar-refractivity contribution in [2.24, 2.45) is 5.16 Å². The highest BCUT2D eigenvalue weighted by Crippen LogP contribution is 2.39. The molecule has 0 spiro atoms. The second kappa shape index (κ2) is 8.59. The zero-order valence-electron chi connectivity index (χ0n) is 17.5. The number of amides is 1. The first-order chi connectivity index (χ1) is 14.5. The average molecular weight is 431 g/mol. The molecule has 160 valence electrons. The minimum atomic E-state index is -0.737. The Morgan fingerprint density at radius 3 is 2.87 bits per heavy atom. The second-order valence-corrected chi connectivity index (χ2v) is 8.55. The van der Waals surface area contributed by atoms with Crippen LogP contribution in [0.15, 0.2) is 11.4 Å². The summed E-state index contributed by atoms with van der Waals surface area (Å²) >= 11 is 1.47. The number of hydrogen-bond acceptors (Lipinski definition) is 7. The van der Waals surface area contributed by atoms with Gasteiger partial charge in [0.05, 0.1) is 23.6 Å². The molecule has 1 aliphatic carbocycles. The van der Waals surface area contributed by atoms with Crippen LogP contribution >= 0.6 is 11.3 Å². The van der Waals surface area contributed by atoms with E-state index in [-0.39, 0.29) is 11.9 Å². The molecule has 0 radical (unpaired) electrons. The summed E-state index contributed by atoms with van der Waals surface area (Å²) < 4.78 is 7.09. The molecule has 1 aliphatic heterocycles. The van der Waals surface area contributed by atoms with E-state index in [1.807, 2.05) is 24.7 Å². The Morgan fingerprint density at radius 1 is 1.33 bits per heavy atom. The Kier molecular flexibility index (Phi) is 5.90. The Balaban J connectivity index is 1.50. The van der Waals surface area contributed by atoms with Crippen molar-refractivity contribution in [3.8, 4) is 0 Å². The highest BCUT2D eigenvalue weighted by atomic mass is 32.1. The van der Waals surface area contributed by atoms with Gasteiger partial charge in [0.15, 0.2) is 0 Å². The van der Waals surface area contributed by atoms with Crippen molar-refractivity contribution in [2.75, 3.05) is 11.9 Å². The summed E-state index contributed by atoms with van der Waals surface area (Å²) in [6, 6.07) is 0. The number of carbonyl (C=O) groups excluding carboxylic acids is 2. The third kappa shape index (κ3) is 3.86. The number of ether oxygens (including phenoxy) is 1. The van der Waals surface area contributed by atoms with E-state index in [0.29, 0.717) is 29.3 Å². The van der Waals surface area contributed by atoms with E-state index in [0.717, 1.165) is 53.9 Å². The molecule has 0 aromatic carbocycles. The first kappa shape index (κ1) is 20.6. The van der Waals surface area contributed by atoms with Crippen LogP contribution in [0.2, 0.25) is 0 Å². The van der Waals surface area contributed by atoms with Gasteiger partial charge in [0.25, 0.3) is 5.91 Å². The van der Waals surface area contributed by atoms with Gasteiger partial charge < -0.3 is 14.9 Å². The Labute approximate surface area is 179 Å². The lowest BCUT2D eigenvalue weighted by atomic mass is 9.95. The molecular formula is C21H26N4O4S. The maximum Gasteiger partial charge on any atom is 0.341 e. The first-order valence-corrected chi connectivity index (χ1v) is 11.2. The third-order valence-corrected chi connectivity index (χ3v) is 6.64. The van der Waals surface area contributed by atoms with Gasteiger partial charge in [-0.2, -0.15) is 5.10 Å². The molecule has 4 rings (SSSR count). The normalized spacial score (nSPS) is 17.8. The first-order valence-electron chi connectivity index (χ1n) is 10.4. The van der Waals surface area contributed by atoms with Crippen LogP contribution in [0.4, 0.5) is 5.00 Å². The number of nitrogens with zero attached hydrogens (tertiary/aromatic N) is 3. The number of hydrogen-bond donors (Lipinski definition) is 1. The van der Waals surface area contributed by atoms with Gasteiger partial charge in [0, 0.05) is 29.6 Å². The number of aryl methyl sites for hydroxylation is 3. The number of nitrogens with one attached hydrogen (secondary N) is 1. The summed E-state index contributed by atoms with van der Waals surface area (Å²) in [5, 5.41) is 12.0. The molecular weight excluding hydrogens is 404 g/mol. The van der Waals surface area contributed by atoms with Gasteiger partial charge in [-0.1, -0.05) is 5.16 Å². The average Bonchev–Trinajstić information content (AvgIpc) is 3.44. The summed E-state index contributed by atoms with van der Waals surface area (Å²) in [4.78, 5) is 32.1. The predicted octanol–water partition coefficient (Wildman–Crippen LogP) is 3.46. The smallest absolute Gasteiger partial charge is 0.341 e. The van der Waals surface area contributed by atoms with Crippen LogP contribution in [0.5, 0.6) is 0 Å². The molecule has 2 aliphatic rings. The molecule has 1 N–H and O–H groups in total. The van der Waals surface area contributed by atoms with Crippen molar-refractivity contribution >= 4 is 33.9 Å². The van der Waals surface area contributed by atoms with Crippen LogP contribution in [0.3, 0.4) is 0 Å². The monoisotopic (exact) mass is 430 g/mol. The van der Waals surface area contributed by atoms with Gasteiger partial charge in [-0.25, -0.2) is 4.79 Å². The number of fused-ring (bicyclic) bond motifs is 1. The van der Waals surface area contributed by atoms with Crippen LogP contribution in [0, 0.1) is 6.92 Å². The van der Waals surface area contributed by atoms with E-state index in [4.69, 9.17) is 9.57 Å². The summed E-state index contributed by atoms with van der Waals surface area (Å²) in [6.07, 6.45) is 5.44. The van der Waals surface area contributed by atoms with E-state index >= 15 is 0 Å². The fourth-order valence-corrected chi connectivity index (χ4v) is 5.19. The topological polar surface area (TPSA) is 94.8 Å². The number of esters is 1. The van der Waals surface area contributed by atoms with Crippen LogP contribution in [-0.4, -0.2) is 40.1 Å². The van der Waals surface area contributed by atoms with Gasteiger partial charge in [-0.3, -0.25) is 9.48 Å². The second-order valence-electron chi connectivity index (χ2n) is 7.44. The van der Waals surface area contributed by atoms with E-state index in [1.165, 1.54) is 11.3 Å². The summed E-state index contributed by atoms with van der Waals surface area (Å²) in [5.74, 6) is -0.683. The lowest BCUT2D eigenvalue weighted by molar-refractivity contribution is -0.125. The number of carbonyl (C=O) groups is 2. The van der Waals surface area contributed by atoms with E-state index < -0.39 is 6.10 Å². The van der Waals surface area contributed by atoms with Gasteiger partial charge in [-0.05, 0) is 52.0 Å². The fraction of sp³-hybridized carbons (Fsp3) is 0.524. The standard InChI is InChI=1S/C21H26N4O4S/c1-4-25-11-14(12(3)23-25)15-10-16(29-24-15)19(26)22-20-18(21(27)28-5-2)13-8-6-7-9-17(13)30-20/h11,16H,4-10H2,1-3H3,(H,22,26). The van der Waals surface area contributed by atoms with Crippen molar-refractivity contribution in [1.29, 1.82) is 0 Å². The predicted molar refractivity (Wildman–Crippen MR) is 114 cm³/mol. The summed E-state index contributed by atoms with van der Waals surface area (Å²) in [5.41, 5.74) is 3.99. The SMILES string of the molecule is CCOC(=O)c1c(NC(=O)C2CC(c3cn(CC)nc3C)=NO2)sc2c1CCCC2. The molecule has 2 aromatic heterocycles. The van der Waals surface area contributed by atoms with Gasteiger partial charge >= 0.3 is 5.97 Å². The zero-order chi connectivity index (χ0) is 21.3. The van der Waals surface area contributed by atoms with Crippen molar-refractivity contribution < 1.29 is 19.2 Å². The molecule has 0 bridgehead atoms. The van der Waals surface area contributed by atoms with E-state index in [1.54, 1.807) is 6.92 Å². The van der Waals surface area contributed by atoms with Crippen LogP contribution in [0.1, 0.15) is 65.2 Å². The molecule has 3 heterocycles. The molecule has 8 nitrogen and oxygen atoms in total. The number of oxime groups is 1.